The summed E-state index contributed by atoms with van der Waals surface area (Å²) in [4.78, 5) is 11.2. The van der Waals surface area contributed by atoms with Crippen molar-refractivity contribution in [3.63, 3.8) is 0 Å². The van der Waals surface area contributed by atoms with Gasteiger partial charge in [0, 0.05) is 10.6 Å². The predicted molar refractivity (Wildman–Crippen MR) is 79.3 cm³/mol. The Morgan fingerprint density at radius 2 is 1.37 bits per heavy atom. The molecule has 0 amide bonds. The fraction of sp³-hybridized carbons (Fsp3) is 0.125. The molecule has 2 aromatic rings. The predicted octanol–water partition coefficient (Wildman–Crippen LogP) is 3.13. The van der Waals surface area contributed by atoms with Crippen LogP contribution in [0.2, 0.25) is 0 Å². The Hall–Kier alpha value is -1.88. The van der Waals surface area contributed by atoms with Gasteiger partial charge in [-0.25, -0.2) is 4.79 Å². The van der Waals surface area contributed by atoms with Crippen LogP contribution in [0.5, 0.6) is 0 Å². The van der Waals surface area contributed by atoms with Gasteiger partial charge in [0.25, 0.3) is 0 Å². The highest BCUT2D eigenvalue weighted by Crippen LogP contribution is 2.51. The lowest BCUT2D eigenvalue weighted by molar-refractivity contribution is 0.566. The maximum absolute atomic E-state index is 13.5. The highest BCUT2D eigenvalue weighted by atomic mass is 31.2. The molecule has 0 N–H and O–H groups in total. The zero-order valence-electron chi connectivity index (χ0n) is 10.7. The molecular formula is C16H15O2P. The van der Waals surface area contributed by atoms with Crippen LogP contribution < -0.4 is 10.6 Å². The molecular weight excluding hydrogens is 255 g/mol. The van der Waals surface area contributed by atoms with E-state index in [9.17, 15) is 9.36 Å². The van der Waals surface area contributed by atoms with Gasteiger partial charge >= 0.3 is 0 Å². The van der Waals surface area contributed by atoms with E-state index in [-0.39, 0.29) is 0 Å². The van der Waals surface area contributed by atoms with Crippen molar-refractivity contribution in [2.24, 2.45) is 0 Å². The van der Waals surface area contributed by atoms with Gasteiger partial charge in [0.05, 0.1) is 5.31 Å². The monoisotopic (exact) mass is 270 g/mol. The smallest absolute Gasteiger partial charge is 0.177 e. The summed E-state index contributed by atoms with van der Waals surface area (Å²) in [5.74, 6) is 1.89. The summed E-state index contributed by atoms with van der Waals surface area (Å²) in [6.45, 7) is 1.83. The second kappa shape index (κ2) is 5.84. The second-order valence-corrected chi connectivity index (χ2v) is 6.97. The molecule has 0 aliphatic carbocycles. The standard InChI is InChI=1S/C16H15O2P/c1-2-14(13-17)19(18,15-9-5-3-6-10-15)16-11-7-4-8-12-16/h3-12H,2H2,1H3. The molecule has 3 heteroatoms. The van der Waals surface area contributed by atoms with Crippen molar-refractivity contribution in [3.8, 4) is 0 Å². The quantitative estimate of drug-likeness (QED) is 0.632. The van der Waals surface area contributed by atoms with Crippen molar-refractivity contribution >= 4 is 23.7 Å². The van der Waals surface area contributed by atoms with Crippen LogP contribution in [0.4, 0.5) is 0 Å². The van der Waals surface area contributed by atoms with Crippen molar-refractivity contribution in [2.75, 3.05) is 0 Å². The van der Waals surface area contributed by atoms with Crippen LogP contribution in [-0.2, 0) is 9.36 Å². The Morgan fingerprint density at radius 1 is 0.947 bits per heavy atom. The van der Waals surface area contributed by atoms with Crippen LogP contribution >= 0.6 is 7.14 Å². The maximum atomic E-state index is 13.5. The van der Waals surface area contributed by atoms with Crippen molar-refractivity contribution in [1.29, 1.82) is 0 Å². The van der Waals surface area contributed by atoms with Crippen molar-refractivity contribution in [2.45, 2.75) is 13.3 Å². The molecule has 96 valence electrons. The van der Waals surface area contributed by atoms with Crippen LogP contribution in [0.3, 0.4) is 0 Å². The zero-order chi connectivity index (χ0) is 13.7. The zero-order valence-corrected chi connectivity index (χ0v) is 11.6. The molecule has 0 aromatic heterocycles. The fourth-order valence-electron chi connectivity index (χ4n) is 2.10. The van der Waals surface area contributed by atoms with E-state index >= 15 is 0 Å². The van der Waals surface area contributed by atoms with E-state index in [2.05, 4.69) is 0 Å². The first-order valence-electron chi connectivity index (χ1n) is 6.19. The van der Waals surface area contributed by atoms with E-state index in [1.807, 2.05) is 49.3 Å². The van der Waals surface area contributed by atoms with Crippen molar-refractivity contribution in [3.05, 3.63) is 66.0 Å². The molecule has 0 radical (unpaired) electrons. The third-order valence-electron chi connectivity index (χ3n) is 3.07. The van der Waals surface area contributed by atoms with E-state index < -0.39 is 7.14 Å². The van der Waals surface area contributed by atoms with Crippen LogP contribution in [-0.4, -0.2) is 5.94 Å². The molecule has 0 fully saturated rings. The third kappa shape index (κ3) is 2.46. The summed E-state index contributed by atoms with van der Waals surface area (Å²) in [6, 6.07) is 18.3. The average molecular weight is 270 g/mol. The van der Waals surface area contributed by atoms with Gasteiger partial charge in [-0.2, -0.15) is 0 Å². The van der Waals surface area contributed by atoms with Gasteiger partial charge < -0.3 is 4.57 Å². The lowest BCUT2D eigenvalue weighted by Crippen LogP contribution is -2.17. The summed E-state index contributed by atoms with van der Waals surface area (Å²) in [5, 5.41) is 1.70. The van der Waals surface area contributed by atoms with E-state index in [1.165, 1.54) is 0 Å². The number of hydrogen-bond donors (Lipinski definition) is 0. The van der Waals surface area contributed by atoms with Crippen LogP contribution in [0, 0.1) is 0 Å². The molecule has 0 heterocycles. The maximum Gasteiger partial charge on any atom is 0.177 e. The first kappa shape index (κ1) is 13.5. The summed E-state index contributed by atoms with van der Waals surface area (Å²) in [7, 11) is -3.04. The molecule has 0 atom stereocenters. The lowest BCUT2D eigenvalue weighted by atomic mass is 10.4. The van der Waals surface area contributed by atoms with Gasteiger partial charge in [-0.15, -0.1) is 0 Å². The van der Waals surface area contributed by atoms with E-state index in [0.29, 0.717) is 22.3 Å². The third-order valence-corrected chi connectivity index (χ3v) is 6.29. The molecule has 2 nitrogen and oxygen atoms in total. The van der Waals surface area contributed by atoms with Crippen LogP contribution in [0.15, 0.2) is 66.0 Å². The first-order valence-corrected chi connectivity index (χ1v) is 7.90. The average Bonchev–Trinajstić information content (AvgIpc) is 2.50. The molecule has 0 saturated heterocycles. The van der Waals surface area contributed by atoms with Crippen molar-refractivity contribution < 1.29 is 9.36 Å². The Labute approximate surface area is 113 Å². The first-order chi connectivity index (χ1) is 9.23. The van der Waals surface area contributed by atoms with Gasteiger partial charge in [0.2, 0.25) is 0 Å². The van der Waals surface area contributed by atoms with E-state index in [1.54, 1.807) is 24.3 Å². The topological polar surface area (TPSA) is 34.1 Å². The summed E-state index contributed by atoms with van der Waals surface area (Å²) in [5.41, 5.74) is 0. The molecule has 0 unspecified atom stereocenters. The number of rotatable bonds is 4. The number of benzene rings is 2. The number of carbonyl (C=O) groups excluding carboxylic acids is 1. The molecule has 0 bridgehead atoms. The number of allylic oxidation sites excluding steroid dienone is 1. The van der Waals surface area contributed by atoms with E-state index in [0.717, 1.165) is 0 Å². The second-order valence-electron chi connectivity index (χ2n) is 4.18. The SMILES string of the molecule is CCC(=C=O)P(=O)(c1ccccc1)c1ccccc1. The lowest BCUT2D eigenvalue weighted by Gasteiger charge is -2.19. The van der Waals surface area contributed by atoms with Crippen LogP contribution in [0.1, 0.15) is 13.3 Å². The van der Waals surface area contributed by atoms with Gasteiger partial charge in [0.1, 0.15) is 5.94 Å². The minimum absolute atomic E-state index is 0.338. The number of hydrogen-bond acceptors (Lipinski definition) is 2. The fourth-order valence-corrected chi connectivity index (χ4v) is 4.78. The van der Waals surface area contributed by atoms with E-state index in [4.69, 9.17) is 0 Å². The summed E-state index contributed by atoms with van der Waals surface area (Å²) < 4.78 is 13.5. The Bertz CT molecular complexity index is 597. The van der Waals surface area contributed by atoms with Crippen LogP contribution in [0.25, 0.3) is 0 Å². The summed E-state index contributed by atoms with van der Waals surface area (Å²) >= 11 is 0. The highest BCUT2D eigenvalue weighted by Gasteiger charge is 2.31. The molecule has 0 aliphatic rings. The molecule has 0 saturated carbocycles. The normalized spacial score (nSPS) is 10.8. The summed E-state index contributed by atoms with van der Waals surface area (Å²) in [6.07, 6.45) is 0.435. The molecule has 0 aliphatic heterocycles. The minimum atomic E-state index is -3.04. The van der Waals surface area contributed by atoms with Gasteiger partial charge in [-0.05, 0) is 6.42 Å². The van der Waals surface area contributed by atoms with Gasteiger partial charge in [-0.3, -0.25) is 0 Å². The Morgan fingerprint density at radius 3 is 1.68 bits per heavy atom. The molecule has 2 rings (SSSR count). The largest absolute Gasteiger partial charge is 0.308 e. The minimum Gasteiger partial charge on any atom is -0.308 e. The van der Waals surface area contributed by atoms with Crippen molar-refractivity contribution in [1.82, 2.24) is 0 Å². The molecule has 19 heavy (non-hydrogen) atoms. The Balaban J connectivity index is 2.72. The van der Waals surface area contributed by atoms with Gasteiger partial charge in [0.15, 0.2) is 7.14 Å². The molecule has 2 aromatic carbocycles. The van der Waals surface area contributed by atoms with Gasteiger partial charge in [-0.1, -0.05) is 67.6 Å². The highest BCUT2D eigenvalue weighted by molar-refractivity contribution is 7.82. The Kier molecular flexibility index (Phi) is 4.16. The molecule has 0 spiro atoms.